The van der Waals surface area contributed by atoms with E-state index in [9.17, 15) is 22.8 Å². The molecule has 2 aromatic carbocycles. The lowest BCUT2D eigenvalue weighted by Gasteiger charge is -2.27. The number of rotatable bonds is 6. The molecule has 1 saturated heterocycles. The van der Waals surface area contributed by atoms with Gasteiger partial charge in [0.2, 0.25) is 0 Å². The van der Waals surface area contributed by atoms with Gasteiger partial charge in [-0.25, -0.2) is 14.4 Å². The van der Waals surface area contributed by atoms with Crippen LogP contribution in [-0.4, -0.2) is 49.1 Å². The van der Waals surface area contributed by atoms with Crippen molar-refractivity contribution in [3.8, 4) is 11.8 Å². The summed E-state index contributed by atoms with van der Waals surface area (Å²) in [6.45, 7) is 3.03. The molecular formula is C24H21F3N6O3. The van der Waals surface area contributed by atoms with Gasteiger partial charge in [-0.1, -0.05) is 17.3 Å². The molecule has 2 heterocycles. The normalized spacial score (nSPS) is 15.5. The third kappa shape index (κ3) is 4.40. The first kappa shape index (κ1) is 24.9. The molecule has 0 atom stereocenters. The fraction of sp³-hybridized carbons (Fsp3) is 0.292. The molecule has 0 radical (unpaired) electrons. The van der Waals surface area contributed by atoms with Gasteiger partial charge in [0.25, 0.3) is 5.91 Å². The number of halogens is 3. The summed E-state index contributed by atoms with van der Waals surface area (Å²) >= 11 is 0. The van der Waals surface area contributed by atoms with Crippen molar-refractivity contribution in [2.45, 2.75) is 38.5 Å². The van der Waals surface area contributed by atoms with Crippen molar-refractivity contribution >= 4 is 17.6 Å². The predicted octanol–water partition coefficient (Wildman–Crippen LogP) is 3.44. The van der Waals surface area contributed by atoms with E-state index in [2.05, 4.69) is 10.3 Å². The van der Waals surface area contributed by atoms with Crippen LogP contribution in [0.4, 0.5) is 23.7 Å². The number of nitriles is 1. The predicted molar refractivity (Wildman–Crippen MR) is 121 cm³/mol. The maximum Gasteiger partial charge on any atom is 0.417 e. The number of carbonyl (C=O) groups is 2. The number of imide groups is 1. The van der Waals surface area contributed by atoms with E-state index in [0.717, 1.165) is 12.1 Å². The molecule has 1 N–H and O–H groups in total. The molecule has 0 bridgehead atoms. The molecule has 0 aliphatic carbocycles. The van der Waals surface area contributed by atoms with Gasteiger partial charge >= 0.3 is 12.2 Å². The molecule has 1 aromatic heterocycles. The van der Waals surface area contributed by atoms with E-state index in [1.165, 1.54) is 29.5 Å². The van der Waals surface area contributed by atoms with Crippen molar-refractivity contribution in [2.24, 2.45) is 0 Å². The molecular weight excluding hydrogens is 477 g/mol. The SMILES string of the molecule is CC1(C)C(=O)N(c2ccc(C#N)c(C(F)(F)F)c2)C(=O)N1Cc1ccc(-n2cc(CCO)nn2)cc1. The van der Waals surface area contributed by atoms with Gasteiger partial charge in [0.1, 0.15) is 5.54 Å². The van der Waals surface area contributed by atoms with Crippen LogP contribution in [0.15, 0.2) is 48.7 Å². The molecule has 1 fully saturated rings. The Labute approximate surface area is 204 Å². The summed E-state index contributed by atoms with van der Waals surface area (Å²) in [5, 5.41) is 26.0. The van der Waals surface area contributed by atoms with Crippen molar-refractivity contribution in [3.63, 3.8) is 0 Å². The van der Waals surface area contributed by atoms with Crippen LogP contribution in [0.1, 0.15) is 36.2 Å². The molecule has 9 nitrogen and oxygen atoms in total. The van der Waals surface area contributed by atoms with Crippen LogP contribution in [0.25, 0.3) is 5.69 Å². The number of aliphatic hydroxyl groups excluding tert-OH is 1. The van der Waals surface area contributed by atoms with Gasteiger partial charge in [-0.05, 0) is 49.7 Å². The van der Waals surface area contributed by atoms with Crippen molar-refractivity contribution in [1.82, 2.24) is 19.9 Å². The number of aliphatic hydroxyl groups is 1. The van der Waals surface area contributed by atoms with E-state index in [0.29, 0.717) is 34.3 Å². The monoisotopic (exact) mass is 498 g/mol. The molecule has 3 amide bonds. The zero-order valence-electron chi connectivity index (χ0n) is 19.3. The smallest absolute Gasteiger partial charge is 0.396 e. The maximum absolute atomic E-state index is 13.4. The molecule has 1 aliphatic heterocycles. The first-order chi connectivity index (χ1) is 17.0. The molecule has 0 saturated carbocycles. The number of benzene rings is 2. The lowest BCUT2D eigenvalue weighted by molar-refractivity contribution is -0.137. The van der Waals surface area contributed by atoms with Gasteiger partial charge < -0.3 is 10.0 Å². The molecule has 12 heteroatoms. The zero-order valence-corrected chi connectivity index (χ0v) is 19.3. The van der Waals surface area contributed by atoms with E-state index in [1.807, 2.05) is 0 Å². The highest BCUT2D eigenvalue weighted by Crippen LogP contribution is 2.38. The highest BCUT2D eigenvalue weighted by atomic mass is 19.4. The number of hydrogen-bond acceptors (Lipinski definition) is 6. The van der Waals surface area contributed by atoms with Gasteiger partial charge in [0.15, 0.2) is 0 Å². The second-order valence-electron chi connectivity index (χ2n) is 8.70. The number of urea groups is 1. The van der Waals surface area contributed by atoms with E-state index >= 15 is 0 Å². The van der Waals surface area contributed by atoms with Crippen molar-refractivity contribution in [2.75, 3.05) is 11.5 Å². The molecule has 36 heavy (non-hydrogen) atoms. The zero-order chi connectivity index (χ0) is 26.3. The Kier molecular flexibility index (Phi) is 6.28. The van der Waals surface area contributed by atoms with Crippen LogP contribution in [0, 0.1) is 11.3 Å². The van der Waals surface area contributed by atoms with Crippen LogP contribution < -0.4 is 4.90 Å². The number of nitrogens with zero attached hydrogens (tertiary/aromatic N) is 6. The number of amides is 3. The number of hydrogen-bond donors (Lipinski definition) is 1. The van der Waals surface area contributed by atoms with Crippen molar-refractivity contribution in [1.29, 1.82) is 5.26 Å². The fourth-order valence-electron chi connectivity index (χ4n) is 3.92. The van der Waals surface area contributed by atoms with Gasteiger partial charge in [0, 0.05) is 19.6 Å². The molecule has 0 spiro atoms. The average Bonchev–Trinajstić information content (AvgIpc) is 3.36. The Hall–Kier alpha value is -4.24. The number of aromatic nitrogens is 3. The van der Waals surface area contributed by atoms with E-state index in [1.54, 1.807) is 30.5 Å². The second kappa shape index (κ2) is 9.09. The van der Waals surface area contributed by atoms with Crippen LogP contribution in [0.5, 0.6) is 0 Å². The lowest BCUT2D eigenvalue weighted by atomic mass is 10.0. The van der Waals surface area contributed by atoms with Gasteiger partial charge in [-0.2, -0.15) is 18.4 Å². The lowest BCUT2D eigenvalue weighted by Crippen LogP contribution is -2.43. The van der Waals surface area contributed by atoms with Crippen LogP contribution in [-0.2, 0) is 23.9 Å². The largest absolute Gasteiger partial charge is 0.417 e. The summed E-state index contributed by atoms with van der Waals surface area (Å²) in [7, 11) is 0. The summed E-state index contributed by atoms with van der Waals surface area (Å²) in [6, 6.07) is 10.4. The fourth-order valence-corrected chi connectivity index (χ4v) is 3.92. The molecule has 4 rings (SSSR count). The van der Waals surface area contributed by atoms with Crippen LogP contribution >= 0.6 is 0 Å². The number of alkyl halides is 3. The highest BCUT2D eigenvalue weighted by Gasteiger charge is 2.52. The Morgan fingerprint density at radius 1 is 1.08 bits per heavy atom. The Balaban J connectivity index is 1.60. The Morgan fingerprint density at radius 3 is 2.36 bits per heavy atom. The van der Waals surface area contributed by atoms with Crippen molar-refractivity contribution < 1.29 is 27.9 Å². The second-order valence-corrected chi connectivity index (χ2v) is 8.70. The van der Waals surface area contributed by atoms with E-state index < -0.39 is 34.8 Å². The first-order valence-corrected chi connectivity index (χ1v) is 10.9. The van der Waals surface area contributed by atoms with Crippen LogP contribution in [0.3, 0.4) is 0 Å². The number of carbonyl (C=O) groups excluding carboxylic acids is 2. The summed E-state index contributed by atoms with van der Waals surface area (Å²) in [5.41, 5.74) is -1.40. The minimum atomic E-state index is -4.83. The van der Waals surface area contributed by atoms with Gasteiger partial charge in [0.05, 0.1) is 40.5 Å². The van der Waals surface area contributed by atoms with E-state index in [4.69, 9.17) is 10.4 Å². The highest BCUT2D eigenvalue weighted by molar-refractivity contribution is 6.23. The summed E-state index contributed by atoms with van der Waals surface area (Å²) in [4.78, 5) is 28.4. The average molecular weight is 498 g/mol. The number of anilines is 1. The minimum absolute atomic E-state index is 0.0316. The topological polar surface area (TPSA) is 115 Å². The summed E-state index contributed by atoms with van der Waals surface area (Å²) < 4.78 is 41.8. The molecule has 0 unspecified atom stereocenters. The van der Waals surface area contributed by atoms with Crippen molar-refractivity contribution in [3.05, 3.63) is 71.0 Å². The quantitative estimate of drug-likeness (QED) is 0.521. The Morgan fingerprint density at radius 2 is 1.75 bits per heavy atom. The molecule has 3 aromatic rings. The van der Waals surface area contributed by atoms with Gasteiger partial charge in [-0.15, -0.1) is 5.10 Å². The Bertz CT molecular complexity index is 1360. The summed E-state index contributed by atoms with van der Waals surface area (Å²) in [6.07, 6.45) is -2.77. The standard InChI is InChI=1S/C24H21F3N6O3/c1-23(2)21(35)33(19-8-5-16(12-28)20(11-19)24(25,26)27)22(36)31(23)13-15-3-6-18(7-4-15)32-14-17(9-10-34)29-30-32/h3-8,11,14,34H,9-10,13H2,1-2H3. The minimum Gasteiger partial charge on any atom is -0.396 e. The van der Waals surface area contributed by atoms with Crippen LogP contribution in [0.2, 0.25) is 0 Å². The maximum atomic E-state index is 13.4. The van der Waals surface area contributed by atoms with Gasteiger partial charge in [-0.3, -0.25) is 4.79 Å². The summed E-state index contributed by atoms with van der Waals surface area (Å²) in [5.74, 6) is -0.680. The molecule has 186 valence electrons. The van der Waals surface area contributed by atoms with E-state index in [-0.39, 0.29) is 18.8 Å². The third-order valence-corrected chi connectivity index (χ3v) is 5.96. The first-order valence-electron chi connectivity index (χ1n) is 10.9. The third-order valence-electron chi connectivity index (χ3n) is 5.96. The molecule has 1 aliphatic rings.